The minimum atomic E-state index is -3.44. The fraction of sp³-hybridized carbons (Fsp3) is 0. The Morgan fingerprint density at radius 1 is 0.529 bits per heavy atom. The van der Waals surface area contributed by atoms with Crippen LogP contribution in [0, 0.1) is 0 Å². The van der Waals surface area contributed by atoms with Gasteiger partial charge in [0.2, 0.25) is 0 Å². The van der Waals surface area contributed by atoms with Crippen molar-refractivity contribution in [2.75, 3.05) is 0 Å². The molecular weight excluding hydrogens is 299 g/mol. The van der Waals surface area contributed by atoms with Crippen LogP contribution in [0.2, 0.25) is 0 Å². The molecule has 1 heterocycles. The topological polar surface area (TPSA) is 399 Å². The smallest absolute Gasteiger partial charge is 0.412 e. The van der Waals surface area contributed by atoms with Gasteiger partial charge in [-0.3, -0.25) is 0 Å². The molecule has 0 aromatic carbocycles. The molecule has 0 amide bonds. The van der Waals surface area contributed by atoms with Crippen molar-refractivity contribution in [1.29, 1.82) is 0 Å². The van der Waals surface area contributed by atoms with Crippen molar-refractivity contribution >= 4 is 26.3 Å². The summed E-state index contributed by atoms with van der Waals surface area (Å²) in [7, 11) is -3.44. The Morgan fingerprint density at radius 2 is 0.647 bits per heavy atom. The highest BCUT2D eigenvalue weighted by Crippen LogP contribution is 2.02. The SMILES string of the molecule is O.O.O.O.O.O.O.O.O.O.O.O=S1(=O)[O][Al][O]1. The van der Waals surface area contributed by atoms with E-state index in [2.05, 4.69) is 6.47 Å². The lowest BCUT2D eigenvalue weighted by molar-refractivity contribution is 0.313. The van der Waals surface area contributed by atoms with Crippen LogP contribution < -0.4 is 0 Å². The summed E-state index contributed by atoms with van der Waals surface area (Å²) < 4.78 is 27.2. The van der Waals surface area contributed by atoms with E-state index in [1.165, 1.54) is 0 Å². The lowest BCUT2D eigenvalue weighted by Gasteiger charge is -2.10. The molecule has 0 bridgehead atoms. The molecule has 0 aromatic rings. The van der Waals surface area contributed by atoms with Crippen molar-refractivity contribution in [1.82, 2.24) is 0 Å². The molecule has 1 saturated heterocycles. The zero-order chi connectivity index (χ0) is 4.62. The van der Waals surface area contributed by atoms with Crippen LogP contribution in [0.1, 0.15) is 0 Å². The zero-order valence-corrected chi connectivity index (χ0v) is 10.1. The Labute approximate surface area is 102 Å². The van der Waals surface area contributed by atoms with Crippen LogP contribution in [0.25, 0.3) is 0 Å². The van der Waals surface area contributed by atoms with Crippen LogP contribution in [-0.4, -0.2) is 84.5 Å². The molecule has 1 fully saturated rings. The first-order valence-corrected chi connectivity index (χ1v) is 3.41. The van der Waals surface area contributed by atoms with E-state index < -0.39 is 26.3 Å². The third kappa shape index (κ3) is 49.1. The third-order valence-corrected chi connectivity index (χ3v) is 2.83. The van der Waals surface area contributed by atoms with Gasteiger partial charge in [0.05, 0.1) is 0 Å². The molecule has 121 valence electrons. The van der Waals surface area contributed by atoms with E-state index in [-0.39, 0.29) is 60.2 Å². The Hall–Kier alpha value is -0.0375. The van der Waals surface area contributed by atoms with Crippen LogP contribution >= 0.6 is 0 Å². The van der Waals surface area contributed by atoms with E-state index in [9.17, 15) is 8.42 Å². The van der Waals surface area contributed by atoms with Crippen LogP contribution in [0.4, 0.5) is 0 Å². The molecule has 0 atom stereocenters. The summed E-state index contributed by atoms with van der Waals surface area (Å²) in [5, 5.41) is 0. The van der Waals surface area contributed by atoms with Gasteiger partial charge in [0.25, 0.3) is 0 Å². The molecule has 0 aliphatic carbocycles. The molecule has 15 nitrogen and oxygen atoms in total. The van der Waals surface area contributed by atoms with E-state index in [1.807, 2.05) is 0 Å². The predicted molar refractivity (Wildman–Crippen MR) is 56.6 cm³/mol. The van der Waals surface area contributed by atoms with Crippen molar-refractivity contribution in [3.05, 3.63) is 0 Å². The summed E-state index contributed by atoms with van der Waals surface area (Å²) in [4.78, 5) is 0. The highest BCUT2D eigenvalue weighted by Gasteiger charge is 2.26. The predicted octanol–water partition coefficient (Wildman–Crippen LogP) is -10.3. The van der Waals surface area contributed by atoms with Crippen LogP contribution in [0.5, 0.6) is 0 Å². The Morgan fingerprint density at radius 3 is 0.647 bits per heavy atom. The summed E-state index contributed by atoms with van der Waals surface area (Å²) in [6.45, 7) is 0. The highest BCUT2D eigenvalue weighted by molar-refractivity contribution is 7.85. The Balaban J connectivity index is -0.00000000364. The number of hydrogen-bond donors (Lipinski definition) is 0. The second-order valence-corrected chi connectivity index (χ2v) is 3.25. The summed E-state index contributed by atoms with van der Waals surface area (Å²) in [6, 6.07) is 0. The zero-order valence-electron chi connectivity index (χ0n) is 8.12. The fourth-order valence-electron chi connectivity index (χ4n) is 0.103. The molecule has 17 heavy (non-hydrogen) atoms. The summed E-state index contributed by atoms with van der Waals surface area (Å²) in [5.74, 6) is 0. The lowest BCUT2D eigenvalue weighted by Crippen LogP contribution is -2.27. The molecule has 1 rings (SSSR count). The number of rotatable bonds is 0. The van der Waals surface area contributed by atoms with Gasteiger partial charge in [0.1, 0.15) is 0 Å². The first kappa shape index (κ1) is 122. The van der Waals surface area contributed by atoms with Crippen molar-refractivity contribution in [2.24, 2.45) is 0 Å². The maximum absolute atomic E-state index is 9.66. The van der Waals surface area contributed by atoms with Crippen LogP contribution in [-0.2, 0) is 16.9 Å². The van der Waals surface area contributed by atoms with Crippen molar-refractivity contribution in [3.8, 4) is 0 Å². The van der Waals surface area contributed by atoms with Crippen molar-refractivity contribution in [3.63, 3.8) is 0 Å². The average molecular weight is 321 g/mol. The molecule has 0 aromatic heterocycles. The maximum Gasteiger partial charge on any atom is 0.703 e. The first-order valence-electron chi connectivity index (χ1n) is 1.14. The van der Waals surface area contributed by atoms with Crippen LogP contribution in [0.3, 0.4) is 0 Å². The van der Waals surface area contributed by atoms with Gasteiger partial charge >= 0.3 is 26.3 Å². The highest BCUT2D eigenvalue weighted by atomic mass is 32.3. The van der Waals surface area contributed by atoms with E-state index in [0.29, 0.717) is 0 Å². The van der Waals surface area contributed by atoms with E-state index >= 15 is 0 Å². The molecule has 17 heteroatoms. The van der Waals surface area contributed by atoms with Gasteiger partial charge in [0, 0.05) is 0 Å². The molecule has 1 aliphatic heterocycles. The van der Waals surface area contributed by atoms with Crippen LogP contribution in [0.15, 0.2) is 0 Å². The number of hydrogen-bond acceptors (Lipinski definition) is 4. The quantitative estimate of drug-likeness (QED) is 0.391. The molecule has 0 unspecified atom stereocenters. The molecule has 0 spiro atoms. The minimum Gasteiger partial charge on any atom is -0.412 e. The summed E-state index contributed by atoms with van der Waals surface area (Å²) in [5.41, 5.74) is 0. The minimum absolute atomic E-state index is 0. The second-order valence-electron chi connectivity index (χ2n) is 0.697. The normalized spacial score (nSPS) is 9.65. The van der Waals surface area contributed by atoms with Gasteiger partial charge in [-0.2, -0.15) is 8.42 Å². The second kappa shape index (κ2) is 44.5. The van der Waals surface area contributed by atoms with Gasteiger partial charge in [-0.05, 0) is 0 Å². The molecule has 22 N–H and O–H groups in total. The summed E-state index contributed by atoms with van der Waals surface area (Å²) in [6.07, 6.45) is 0. The van der Waals surface area contributed by atoms with E-state index in [4.69, 9.17) is 0 Å². The van der Waals surface area contributed by atoms with Crippen molar-refractivity contribution < 1.29 is 75.1 Å². The van der Waals surface area contributed by atoms with Crippen molar-refractivity contribution in [2.45, 2.75) is 0 Å². The monoisotopic (exact) mass is 321 g/mol. The summed E-state index contributed by atoms with van der Waals surface area (Å²) >= 11 is -0.701. The average Bonchev–Trinajstić information content (AvgIpc) is 1.32. The third-order valence-electron chi connectivity index (χ3n) is 0.314. The fourth-order valence-corrected chi connectivity index (χ4v) is 0.931. The lowest BCUT2D eigenvalue weighted by atomic mass is 15.7. The standard InChI is InChI=1S/Al.H2O4S.11H2O/c;1-5(2,3)4;;;;;;;;;;;/h;(H2,1,2,3,4);11*1H2/q+2;;;;;;;;;;;;/p-2. The molecule has 0 saturated carbocycles. The first-order chi connectivity index (χ1) is 2.71. The molecule has 1 aliphatic rings. The van der Waals surface area contributed by atoms with Gasteiger partial charge in [0.15, 0.2) is 0 Å². The maximum atomic E-state index is 9.66. The van der Waals surface area contributed by atoms with Gasteiger partial charge in [-0.25, -0.2) is 0 Å². The van der Waals surface area contributed by atoms with Gasteiger partial charge in [-0.1, -0.05) is 0 Å². The molecule has 1 radical (unpaired) electrons. The largest absolute Gasteiger partial charge is 0.703 e. The molecular formula is H22AlO15S. The van der Waals surface area contributed by atoms with Gasteiger partial charge < -0.3 is 66.7 Å². The Bertz CT molecular complexity index is 125. The van der Waals surface area contributed by atoms with Gasteiger partial charge in [-0.15, -0.1) is 0 Å². The van der Waals surface area contributed by atoms with E-state index in [0.717, 1.165) is 0 Å². The Kier molecular flexibility index (Phi) is 318. The van der Waals surface area contributed by atoms with E-state index in [1.54, 1.807) is 0 Å².